The molecule has 0 radical (unpaired) electrons. The second kappa shape index (κ2) is 4.07. The van der Waals surface area contributed by atoms with Crippen LogP contribution >= 0.6 is 0 Å². The second-order valence-electron chi connectivity index (χ2n) is 3.38. The van der Waals surface area contributed by atoms with E-state index in [2.05, 4.69) is 0 Å². The van der Waals surface area contributed by atoms with E-state index in [-0.39, 0.29) is 18.4 Å². The van der Waals surface area contributed by atoms with Gasteiger partial charge in [-0.05, 0) is 19.3 Å². The lowest BCUT2D eigenvalue weighted by molar-refractivity contribution is -0.193. The minimum Gasteiger partial charge on any atom is -0.464 e. The monoisotopic (exact) mass is 186 g/mol. The van der Waals surface area contributed by atoms with Gasteiger partial charge in [0.1, 0.15) is 0 Å². The number of carbonyl (C=O) groups excluding carboxylic acids is 1. The predicted octanol–water partition coefficient (Wildman–Crippen LogP) is 0.845. The number of esters is 1. The Bertz CT molecular complexity index is 186. The van der Waals surface area contributed by atoms with Crippen LogP contribution in [0, 0.1) is 0 Å². The topological polar surface area (TPSA) is 44.8 Å². The molecule has 13 heavy (non-hydrogen) atoms. The van der Waals surface area contributed by atoms with Crippen LogP contribution in [0.25, 0.3) is 0 Å². The summed E-state index contributed by atoms with van der Waals surface area (Å²) in [5, 5.41) is 0. The highest BCUT2D eigenvalue weighted by molar-refractivity contribution is 5.76. The van der Waals surface area contributed by atoms with E-state index in [1.165, 1.54) is 0 Å². The highest BCUT2D eigenvalue weighted by Crippen LogP contribution is 2.19. The maximum absolute atomic E-state index is 11.0. The van der Waals surface area contributed by atoms with Crippen molar-refractivity contribution < 1.29 is 19.0 Å². The van der Waals surface area contributed by atoms with Crippen LogP contribution in [-0.4, -0.2) is 31.6 Å². The van der Waals surface area contributed by atoms with Crippen LogP contribution in [0.3, 0.4) is 0 Å². The molecule has 0 spiro atoms. The van der Waals surface area contributed by atoms with E-state index in [0.717, 1.165) is 25.9 Å². The molecule has 0 aromatic carbocycles. The summed E-state index contributed by atoms with van der Waals surface area (Å²) in [5.74, 6) is -0.242. The molecule has 0 aromatic heterocycles. The molecule has 2 rings (SSSR count). The van der Waals surface area contributed by atoms with Gasteiger partial charge in [0.05, 0.1) is 6.61 Å². The molecule has 2 fully saturated rings. The summed E-state index contributed by atoms with van der Waals surface area (Å²) in [7, 11) is 0. The summed E-state index contributed by atoms with van der Waals surface area (Å²) in [4.78, 5) is 11.0. The number of cyclic esters (lactones) is 1. The van der Waals surface area contributed by atoms with E-state index in [1.54, 1.807) is 0 Å². The van der Waals surface area contributed by atoms with Crippen LogP contribution < -0.4 is 0 Å². The number of ether oxygens (including phenoxy) is 3. The minimum absolute atomic E-state index is 0.190. The molecule has 0 aromatic rings. The summed E-state index contributed by atoms with van der Waals surface area (Å²) >= 11 is 0. The number of hydrogen-bond acceptors (Lipinski definition) is 4. The Morgan fingerprint density at radius 2 is 2.15 bits per heavy atom. The van der Waals surface area contributed by atoms with Crippen LogP contribution in [0.1, 0.15) is 25.7 Å². The third kappa shape index (κ3) is 2.19. The van der Waals surface area contributed by atoms with Crippen molar-refractivity contribution in [3.8, 4) is 0 Å². The summed E-state index contributed by atoms with van der Waals surface area (Å²) in [6.07, 6.45) is 3.19. The average molecular weight is 186 g/mol. The Labute approximate surface area is 77.1 Å². The molecule has 2 saturated heterocycles. The molecule has 4 nitrogen and oxygen atoms in total. The van der Waals surface area contributed by atoms with Crippen molar-refractivity contribution in [1.82, 2.24) is 0 Å². The zero-order valence-corrected chi connectivity index (χ0v) is 7.53. The van der Waals surface area contributed by atoms with Crippen molar-refractivity contribution >= 4 is 5.97 Å². The summed E-state index contributed by atoms with van der Waals surface area (Å²) < 4.78 is 15.6. The fraction of sp³-hybridized carbons (Fsp3) is 0.889. The van der Waals surface area contributed by atoms with E-state index in [1.807, 2.05) is 0 Å². The first-order valence-corrected chi connectivity index (χ1v) is 4.80. The van der Waals surface area contributed by atoms with E-state index < -0.39 is 0 Å². The molecule has 2 aliphatic heterocycles. The van der Waals surface area contributed by atoms with Gasteiger partial charge in [-0.3, -0.25) is 0 Å². The fourth-order valence-electron chi connectivity index (χ4n) is 1.60. The van der Waals surface area contributed by atoms with E-state index in [0.29, 0.717) is 13.0 Å². The smallest absolute Gasteiger partial charge is 0.335 e. The molecule has 4 heteroatoms. The molecule has 0 N–H and O–H groups in total. The van der Waals surface area contributed by atoms with Gasteiger partial charge < -0.3 is 14.2 Å². The Balaban J connectivity index is 1.79. The summed E-state index contributed by atoms with van der Waals surface area (Å²) in [6.45, 7) is 1.22. The number of hydrogen-bond donors (Lipinski definition) is 0. The van der Waals surface area contributed by atoms with Gasteiger partial charge in [0.25, 0.3) is 0 Å². The Morgan fingerprint density at radius 1 is 1.23 bits per heavy atom. The number of carbonyl (C=O) groups is 1. The molecule has 2 atom stereocenters. The molecule has 0 saturated carbocycles. The van der Waals surface area contributed by atoms with E-state index in [4.69, 9.17) is 14.2 Å². The SMILES string of the molecule is O=C1OCCC1OC1CCCCO1. The Hall–Kier alpha value is -0.610. The van der Waals surface area contributed by atoms with Crippen LogP contribution in [-0.2, 0) is 19.0 Å². The lowest BCUT2D eigenvalue weighted by Gasteiger charge is -2.24. The van der Waals surface area contributed by atoms with Gasteiger partial charge in [0, 0.05) is 13.0 Å². The van der Waals surface area contributed by atoms with Crippen LogP contribution in [0.5, 0.6) is 0 Å². The van der Waals surface area contributed by atoms with Gasteiger partial charge in [-0.25, -0.2) is 4.79 Å². The van der Waals surface area contributed by atoms with Crippen molar-refractivity contribution in [1.29, 1.82) is 0 Å². The molecule has 2 unspecified atom stereocenters. The van der Waals surface area contributed by atoms with Gasteiger partial charge >= 0.3 is 5.97 Å². The minimum atomic E-state index is -0.386. The first kappa shape index (κ1) is 8.97. The highest BCUT2D eigenvalue weighted by Gasteiger charge is 2.30. The Morgan fingerprint density at radius 3 is 2.77 bits per heavy atom. The highest BCUT2D eigenvalue weighted by atomic mass is 16.7. The molecule has 2 aliphatic rings. The molecular weight excluding hydrogens is 172 g/mol. The van der Waals surface area contributed by atoms with Crippen molar-refractivity contribution in [3.63, 3.8) is 0 Å². The summed E-state index contributed by atoms with van der Waals surface area (Å²) in [5.41, 5.74) is 0. The first-order chi connectivity index (χ1) is 6.36. The van der Waals surface area contributed by atoms with Gasteiger partial charge in [-0.2, -0.15) is 0 Å². The lowest BCUT2D eigenvalue weighted by atomic mass is 10.2. The molecular formula is C9H14O4. The van der Waals surface area contributed by atoms with Crippen molar-refractivity contribution in [3.05, 3.63) is 0 Å². The fourth-order valence-corrected chi connectivity index (χ4v) is 1.60. The maximum atomic E-state index is 11.0. The normalized spacial score (nSPS) is 34.6. The van der Waals surface area contributed by atoms with Gasteiger partial charge in [0.2, 0.25) is 0 Å². The average Bonchev–Trinajstić information content (AvgIpc) is 2.54. The molecule has 74 valence electrons. The second-order valence-corrected chi connectivity index (χ2v) is 3.38. The van der Waals surface area contributed by atoms with Crippen molar-refractivity contribution in [2.45, 2.75) is 38.1 Å². The van der Waals surface area contributed by atoms with Crippen LogP contribution in [0.4, 0.5) is 0 Å². The van der Waals surface area contributed by atoms with E-state index in [9.17, 15) is 4.79 Å². The standard InChI is InChI=1S/C9H14O4/c10-9-7(4-6-12-9)13-8-3-1-2-5-11-8/h7-8H,1-6H2. The molecule has 0 aliphatic carbocycles. The predicted molar refractivity (Wildman–Crippen MR) is 44.0 cm³/mol. The van der Waals surface area contributed by atoms with Gasteiger partial charge in [-0.1, -0.05) is 0 Å². The quantitative estimate of drug-likeness (QED) is 0.599. The van der Waals surface area contributed by atoms with Crippen LogP contribution in [0.2, 0.25) is 0 Å². The molecule has 2 heterocycles. The molecule has 0 amide bonds. The third-order valence-electron chi connectivity index (χ3n) is 2.34. The van der Waals surface area contributed by atoms with Crippen molar-refractivity contribution in [2.24, 2.45) is 0 Å². The largest absolute Gasteiger partial charge is 0.464 e. The lowest BCUT2D eigenvalue weighted by Crippen LogP contribution is -2.30. The first-order valence-electron chi connectivity index (χ1n) is 4.80. The zero-order chi connectivity index (χ0) is 9.10. The van der Waals surface area contributed by atoms with Gasteiger partial charge in [0.15, 0.2) is 12.4 Å². The third-order valence-corrected chi connectivity index (χ3v) is 2.34. The molecule has 0 bridgehead atoms. The number of rotatable bonds is 2. The maximum Gasteiger partial charge on any atom is 0.335 e. The Kier molecular flexibility index (Phi) is 2.80. The zero-order valence-electron chi connectivity index (χ0n) is 7.53. The van der Waals surface area contributed by atoms with Crippen LogP contribution in [0.15, 0.2) is 0 Å². The summed E-state index contributed by atoms with van der Waals surface area (Å²) in [6, 6.07) is 0. The van der Waals surface area contributed by atoms with Gasteiger partial charge in [-0.15, -0.1) is 0 Å². The van der Waals surface area contributed by atoms with E-state index >= 15 is 0 Å². The van der Waals surface area contributed by atoms with Crippen molar-refractivity contribution in [2.75, 3.05) is 13.2 Å².